The van der Waals surface area contributed by atoms with E-state index in [-0.39, 0.29) is 29.5 Å². The normalized spacial score (nSPS) is 29.5. The Hall–Kier alpha value is -1.75. The quantitative estimate of drug-likeness (QED) is 0.703. The first-order valence-corrected chi connectivity index (χ1v) is 6.62. The Kier molecular flexibility index (Phi) is 2.86. The van der Waals surface area contributed by atoms with E-state index in [2.05, 4.69) is 12.2 Å². The van der Waals surface area contributed by atoms with E-state index < -0.39 is 0 Å². The lowest BCUT2D eigenvalue weighted by molar-refractivity contribution is 0.0681. The Morgan fingerprint density at radius 2 is 1.95 bits per heavy atom. The molecular formula is C14H18N2O3. The molecule has 5 nitrogen and oxygen atoms in total. The molecule has 3 rings (SSSR count). The predicted molar refractivity (Wildman–Crippen MR) is 70.2 cm³/mol. The second-order valence-electron chi connectivity index (χ2n) is 5.52. The summed E-state index contributed by atoms with van der Waals surface area (Å²) < 4.78 is 0. The Morgan fingerprint density at radius 1 is 1.26 bits per heavy atom. The average molecular weight is 262 g/mol. The van der Waals surface area contributed by atoms with E-state index in [0.29, 0.717) is 11.5 Å². The second-order valence-corrected chi connectivity index (χ2v) is 5.52. The molecule has 1 aromatic rings. The van der Waals surface area contributed by atoms with Crippen LogP contribution in [0, 0.1) is 5.92 Å². The third-order valence-corrected chi connectivity index (χ3v) is 4.16. The molecule has 0 aliphatic carbocycles. The average Bonchev–Trinajstić information content (AvgIpc) is 2.86. The highest BCUT2D eigenvalue weighted by Gasteiger charge is 2.44. The fraction of sp³-hybridized carbons (Fsp3) is 0.500. The van der Waals surface area contributed by atoms with Crippen molar-refractivity contribution < 1.29 is 15.0 Å². The van der Waals surface area contributed by atoms with E-state index in [0.717, 1.165) is 19.5 Å². The summed E-state index contributed by atoms with van der Waals surface area (Å²) >= 11 is 0. The van der Waals surface area contributed by atoms with Gasteiger partial charge in [-0.1, -0.05) is 0 Å². The van der Waals surface area contributed by atoms with Gasteiger partial charge in [0.05, 0.1) is 0 Å². The van der Waals surface area contributed by atoms with E-state index in [1.807, 2.05) is 4.90 Å². The molecule has 0 radical (unpaired) electrons. The first kappa shape index (κ1) is 12.3. The minimum atomic E-state index is -0.116. The van der Waals surface area contributed by atoms with Gasteiger partial charge in [0.1, 0.15) is 11.5 Å². The molecule has 2 aliphatic rings. The van der Waals surface area contributed by atoms with Crippen LogP contribution in [-0.4, -0.2) is 46.2 Å². The summed E-state index contributed by atoms with van der Waals surface area (Å²) in [5, 5.41) is 22.3. The molecule has 0 aromatic heterocycles. The van der Waals surface area contributed by atoms with Crippen molar-refractivity contribution in [2.45, 2.75) is 25.4 Å². The summed E-state index contributed by atoms with van der Waals surface area (Å²) in [4.78, 5) is 14.5. The number of hydrogen-bond donors (Lipinski definition) is 3. The Morgan fingerprint density at radius 3 is 2.63 bits per heavy atom. The van der Waals surface area contributed by atoms with Crippen molar-refractivity contribution in [1.82, 2.24) is 10.2 Å². The number of nitrogens with one attached hydrogen (secondary N) is 1. The van der Waals surface area contributed by atoms with Crippen LogP contribution in [0.15, 0.2) is 18.2 Å². The number of phenolic OH excluding ortho intramolecular Hbond substituents is 2. The highest BCUT2D eigenvalue weighted by Crippen LogP contribution is 2.34. The van der Waals surface area contributed by atoms with Crippen LogP contribution in [0.5, 0.6) is 11.5 Å². The molecule has 2 aliphatic heterocycles. The number of hydrogen-bond acceptors (Lipinski definition) is 4. The van der Waals surface area contributed by atoms with E-state index in [9.17, 15) is 15.0 Å². The monoisotopic (exact) mass is 262 g/mol. The van der Waals surface area contributed by atoms with Gasteiger partial charge in [0.25, 0.3) is 5.91 Å². The zero-order valence-electron chi connectivity index (χ0n) is 10.8. The van der Waals surface area contributed by atoms with Crippen molar-refractivity contribution in [3.8, 4) is 11.5 Å². The number of fused-ring (bicyclic) bond motifs is 1. The lowest BCUT2D eigenvalue weighted by atomic mass is 10.0. The van der Waals surface area contributed by atoms with Crippen LogP contribution in [0.4, 0.5) is 0 Å². The third kappa shape index (κ3) is 2.04. The predicted octanol–water partition coefficient (Wildman–Crippen LogP) is 0.920. The van der Waals surface area contributed by atoms with Gasteiger partial charge in [-0.3, -0.25) is 4.79 Å². The maximum Gasteiger partial charge on any atom is 0.254 e. The van der Waals surface area contributed by atoms with Crippen molar-refractivity contribution in [3.63, 3.8) is 0 Å². The van der Waals surface area contributed by atoms with Gasteiger partial charge < -0.3 is 20.4 Å². The summed E-state index contributed by atoms with van der Waals surface area (Å²) in [5.41, 5.74) is 0.344. The number of likely N-dealkylation sites (tertiary alicyclic amines) is 1. The molecule has 1 aromatic carbocycles. The molecular weight excluding hydrogens is 244 g/mol. The summed E-state index contributed by atoms with van der Waals surface area (Å²) in [6, 6.07) is 4.47. The Balaban J connectivity index is 1.90. The maximum atomic E-state index is 12.6. The molecule has 19 heavy (non-hydrogen) atoms. The van der Waals surface area contributed by atoms with Gasteiger partial charge in [-0.15, -0.1) is 0 Å². The number of carbonyl (C=O) groups excluding carboxylic acids is 1. The second kappa shape index (κ2) is 4.42. The van der Waals surface area contributed by atoms with Gasteiger partial charge in [0.15, 0.2) is 0 Å². The van der Waals surface area contributed by atoms with Crippen LogP contribution in [-0.2, 0) is 0 Å². The smallest absolute Gasteiger partial charge is 0.254 e. The third-order valence-electron chi connectivity index (χ3n) is 4.16. The van der Waals surface area contributed by atoms with E-state index in [4.69, 9.17) is 0 Å². The summed E-state index contributed by atoms with van der Waals surface area (Å²) in [7, 11) is 0. The van der Waals surface area contributed by atoms with Crippen LogP contribution < -0.4 is 5.32 Å². The summed E-state index contributed by atoms with van der Waals surface area (Å²) in [6.07, 6.45) is 1.01. The van der Waals surface area contributed by atoms with Crippen molar-refractivity contribution >= 4 is 5.91 Å². The van der Waals surface area contributed by atoms with E-state index in [1.54, 1.807) is 0 Å². The molecule has 5 heteroatoms. The maximum absolute atomic E-state index is 12.6. The molecule has 2 heterocycles. The largest absolute Gasteiger partial charge is 0.508 e. The van der Waals surface area contributed by atoms with Crippen molar-refractivity contribution in [3.05, 3.63) is 23.8 Å². The fourth-order valence-electron chi connectivity index (χ4n) is 3.38. The number of aromatic hydroxyl groups is 2. The van der Waals surface area contributed by atoms with E-state index in [1.165, 1.54) is 18.2 Å². The molecule has 0 bridgehead atoms. The molecule has 2 saturated heterocycles. The summed E-state index contributed by atoms with van der Waals surface area (Å²) in [6.45, 7) is 3.84. The number of benzene rings is 1. The summed E-state index contributed by atoms with van der Waals surface area (Å²) in [5.74, 6) is 0.229. The van der Waals surface area contributed by atoms with Crippen molar-refractivity contribution in [2.24, 2.45) is 5.92 Å². The van der Waals surface area contributed by atoms with Gasteiger partial charge in [-0.25, -0.2) is 0 Å². The molecule has 3 unspecified atom stereocenters. The lowest BCUT2D eigenvalue weighted by Gasteiger charge is -2.27. The molecule has 0 spiro atoms. The van der Waals surface area contributed by atoms with Crippen LogP contribution >= 0.6 is 0 Å². The van der Waals surface area contributed by atoms with E-state index >= 15 is 0 Å². The number of amides is 1. The molecule has 1 amide bonds. The van der Waals surface area contributed by atoms with Crippen LogP contribution in [0.1, 0.15) is 23.7 Å². The molecule has 102 valence electrons. The number of phenols is 2. The van der Waals surface area contributed by atoms with Gasteiger partial charge >= 0.3 is 0 Å². The van der Waals surface area contributed by atoms with Gasteiger partial charge in [0, 0.05) is 36.8 Å². The molecule has 0 saturated carbocycles. The number of nitrogens with zero attached hydrogens (tertiary/aromatic N) is 1. The molecule has 3 N–H and O–H groups in total. The van der Waals surface area contributed by atoms with Crippen molar-refractivity contribution in [1.29, 1.82) is 0 Å². The van der Waals surface area contributed by atoms with Gasteiger partial charge in [-0.2, -0.15) is 0 Å². The van der Waals surface area contributed by atoms with Crippen molar-refractivity contribution in [2.75, 3.05) is 13.1 Å². The number of carbonyl (C=O) groups is 1. The zero-order valence-corrected chi connectivity index (χ0v) is 10.8. The number of rotatable bonds is 1. The van der Waals surface area contributed by atoms with Crippen LogP contribution in [0.3, 0.4) is 0 Å². The zero-order chi connectivity index (χ0) is 13.6. The molecule has 3 atom stereocenters. The minimum Gasteiger partial charge on any atom is -0.508 e. The SMILES string of the molecule is CC1CC2CNCC2N1C(=O)c1cc(O)cc(O)c1. The Labute approximate surface area is 111 Å². The standard InChI is InChI=1S/C14H18N2O3/c1-8-2-10-6-15-7-13(10)16(8)14(19)9-3-11(17)5-12(18)4-9/h3-5,8,10,13,15,17-18H,2,6-7H2,1H3. The Bertz CT molecular complexity index is 497. The van der Waals surface area contributed by atoms with Gasteiger partial charge in [-0.05, 0) is 31.4 Å². The minimum absolute atomic E-state index is 0.0868. The first-order chi connectivity index (χ1) is 9.06. The highest BCUT2D eigenvalue weighted by atomic mass is 16.3. The molecule has 2 fully saturated rings. The first-order valence-electron chi connectivity index (χ1n) is 6.62. The topological polar surface area (TPSA) is 72.8 Å². The fourth-order valence-corrected chi connectivity index (χ4v) is 3.38. The van der Waals surface area contributed by atoms with Crippen LogP contribution in [0.25, 0.3) is 0 Å². The van der Waals surface area contributed by atoms with Crippen LogP contribution in [0.2, 0.25) is 0 Å². The van der Waals surface area contributed by atoms with Gasteiger partial charge in [0.2, 0.25) is 0 Å². The lowest BCUT2D eigenvalue weighted by Crippen LogP contribution is -2.42. The highest BCUT2D eigenvalue weighted by molar-refractivity contribution is 5.95.